The Kier molecular flexibility index (Phi) is 4.17. The van der Waals surface area contributed by atoms with Gasteiger partial charge >= 0.3 is 0 Å². The van der Waals surface area contributed by atoms with Gasteiger partial charge in [0.1, 0.15) is 12.4 Å². The van der Waals surface area contributed by atoms with Crippen molar-refractivity contribution in [3.05, 3.63) is 23.4 Å². The van der Waals surface area contributed by atoms with Gasteiger partial charge < -0.3 is 23.7 Å². The number of methoxy groups -OCH3 is 4. The van der Waals surface area contributed by atoms with E-state index in [1.54, 1.807) is 13.0 Å². The van der Waals surface area contributed by atoms with Crippen molar-refractivity contribution >= 4 is 6.29 Å². The normalized spacial score (nSPS) is 28.5. The fraction of sp³-hybridized carbons (Fsp3) is 0.583. The topological polar surface area (TPSA) is 54.0 Å². The van der Waals surface area contributed by atoms with Crippen LogP contribution < -0.4 is 0 Å². The Hall–Kier alpha value is -1.49. The Morgan fingerprint density at radius 3 is 2.18 bits per heavy atom. The molecule has 0 aromatic rings. The number of aldehydes is 1. The summed E-state index contributed by atoms with van der Waals surface area (Å²) >= 11 is 0. The van der Waals surface area contributed by atoms with Gasteiger partial charge in [0, 0.05) is 7.11 Å². The first-order chi connectivity index (χ1) is 8.07. The maximum atomic E-state index is 11.3. The summed E-state index contributed by atoms with van der Waals surface area (Å²) in [5.41, 5.74) is -0.840. The van der Waals surface area contributed by atoms with Crippen molar-refractivity contribution in [2.24, 2.45) is 5.41 Å². The average molecular weight is 242 g/mol. The lowest BCUT2D eigenvalue weighted by Crippen LogP contribution is -2.40. The summed E-state index contributed by atoms with van der Waals surface area (Å²) in [7, 11) is 6.04. The molecule has 1 rings (SSSR count). The van der Waals surface area contributed by atoms with E-state index in [1.807, 2.05) is 0 Å². The first-order valence-corrected chi connectivity index (χ1v) is 5.16. The van der Waals surface area contributed by atoms with Crippen LogP contribution in [0.4, 0.5) is 0 Å². The molecule has 0 saturated heterocycles. The van der Waals surface area contributed by atoms with E-state index in [2.05, 4.69) is 0 Å². The summed E-state index contributed by atoms with van der Waals surface area (Å²) in [6.45, 7) is 1.75. The molecule has 0 bridgehead atoms. The van der Waals surface area contributed by atoms with Gasteiger partial charge in [-0.05, 0) is 13.0 Å². The van der Waals surface area contributed by atoms with Crippen LogP contribution in [-0.2, 0) is 23.7 Å². The Balaban J connectivity index is 3.36. The molecule has 5 nitrogen and oxygen atoms in total. The zero-order valence-corrected chi connectivity index (χ0v) is 10.8. The van der Waals surface area contributed by atoms with Crippen LogP contribution >= 0.6 is 0 Å². The fourth-order valence-electron chi connectivity index (χ4n) is 1.96. The molecule has 17 heavy (non-hydrogen) atoms. The Bertz CT molecular complexity index is 358. The second-order valence-electron chi connectivity index (χ2n) is 3.91. The minimum Gasteiger partial charge on any atom is -0.494 e. The highest BCUT2D eigenvalue weighted by atomic mass is 16.6. The molecule has 0 aliphatic heterocycles. The van der Waals surface area contributed by atoms with Crippen LogP contribution in [0.25, 0.3) is 0 Å². The molecule has 0 amide bonds. The molecular weight excluding hydrogens is 224 g/mol. The molecule has 0 aromatic carbocycles. The maximum Gasteiger partial charge on any atom is 0.201 e. The van der Waals surface area contributed by atoms with Gasteiger partial charge in [0.2, 0.25) is 5.76 Å². The molecule has 0 spiro atoms. The molecule has 0 heterocycles. The van der Waals surface area contributed by atoms with Crippen LogP contribution in [0, 0.1) is 5.41 Å². The van der Waals surface area contributed by atoms with Crippen molar-refractivity contribution in [3.63, 3.8) is 0 Å². The van der Waals surface area contributed by atoms with E-state index in [4.69, 9.17) is 18.9 Å². The molecule has 2 atom stereocenters. The summed E-state index contributed by atoms with van der Waals surface area (Å²) < 4.78 is 21.0. The zero-order valence-electron chi connectivity index (χ0n) is 10.8. The van der Waals surface area contributed by atoms with Gasteiger partial charge in [0.05, 0.1) is 26.7 Å². The second kappa shape index (κ2) is 5.23. The van der Waals surface area contributed by atoms with Gasteiger partial charge in [-0.2, -0.15) is 0 Å². The van der Waals surface area contributed by atoms with Crippen molar-refractivity contribution in [1.29, 1.82) is 0 Å². The second-order valence-corrected chi connectivity index (χ2v) is 3.91. The molecule has 2 unspecified atom stereocenters. The lowest BCUT2D eigenvalue weighted by molar-refractivity contribution is -0.120. The molecule has 1 aliphatic carbocycles. The molecule has 0 radical (unpaired) electrons. The summed E-state index contributed by atoms with van der Waals surface area (Å²) in [5, 5.41) is 0. The van der Waals surface area contributed by atoms with E-state index in [-0.39, 0.29) is 0 Å². The molecule has 5 heteroatoms. The van der Waals surface area contributed by atoms with Gasteiger partial charge in [-0.3, -0.25) is 0 Å². The van der Waals surface area contributed by atoms with E-state index in [1.165, 1.54) is 28.4 Å². The predicted octanol–water partition coefficient (Wildman–Crippen LogP) is 1.25. The van der Waals surface area contributed by atoms with Crippen molar-refractivity contribution in [2.75, 3.05) is 28.4 Å². The molecule has 0 aromatic heterocycles. The standard InChI is InChI=1S/C12H18O5/c1-12(7-13)6-8(14-2)9(15-3)10(16-4)11(12)17-5/h6-7,11H,1-5H3. The lowest BCUT2D eigenvalue weighted by Gasteiger charge is -2.35. The first-order valence-electron chi connectivity index (χ1n) is 5.16. The van der Waals surface area contributed by atoms with Crippen molar-refractivity contribution in [1.82, 2.24) is 0 Å². The Morgan fingerprint density at radius 2 is 1.82 bits per heavy atom. The highest BCUT2D eigenvalue weighted by Gasteiger charge is 2.43. The first kappa shape index (κ1) is 13.6. The van der Waals surface area contributed by atoms with Gasteiger partial charge in [-0.25, -0.2) is 0 Å². The third kappa shape index (κ3) is 2.15. The zero-order chi connectivity index (χ0) is 13.1. The smallest absolute Gasteiger partial charge is 0.201 e. The monoisotopic (exact) mass is 242 g/mol. The summed E-state index contributed by atoms with van der Waals surface area (Å²) in [6.07, 6.45) is 1.96. The number of ether oxygens (including phenoxy) is 4. The van der Waals surface area contributed by atoms with Crippen molar-refractivity contribution < 1.29 is 23.7 Å². The van der Waals surface area contributed by atoms with Gasteiger partial charge in [-0.1, -0.05) is 0 Å². The Labute approximate surface area is 101 Å². The van der Waals surface area contributed by atoms with Crippen molar-refractivity contribution in [2.45, 2.75) is 13.0 Å². The molecule has 1 aliphatic rings. The van der Waals surface area contributed by atoms with Gasteiger partial charge in [0.25, 0.3) is 0 Å². The lowest BCUT2D eigenvalue weighted by atomic mass is 9.80. The SMILES string of the molecule is COC1=CC(C)(C=O)C(OC)C(OC)=C1OC. The summed E-state index contributed by atoms with van der Waals surface area (Å²) in [6, 6.07) is 0. The number of rotatable bonds is 5. The van der Waals surface area contributed by atoms with Crippen LogP contribution in [0.3, 0.4) is 0 Å². The molecular formula is C12H18O5. The largest absolute Gasteiger partial charge is 0.494 e. The number of carbonyl (C=O) groups excluding carboxylic acids is 1. The van der Waals surface area contributed by atoms with Crippen LogP contribution in [-0.4, -0.2) is 40.8 Å². The van der Waals surface area contributed by atoms with Crippen LogP contribution in [0.1, 0.15) is 6.92 Å². The highest BCUT2D eigenvalue weighted by molar-refractivity contribution is 5.66. The third-order valence-corrected chi connectivity index (χ3v) is 2.83. The minimum atomic E-state index is -0.840. The maximum absolute atomic E-state index is 11.3. The van der Waals surface area contributed by atoms with Crippen LogP contribution in [0.5, 0.6) is 0 Å². The third-order valence-electron chi connectivity index (χ3n) is 2.83. The molecule has 0 saturated carbocycles. The number of carbonyl (C=O) groups is 1. The fourth-order valence-corrected chi connectivity index (χ4v) is 1.96. The van der Waals surface area contributed by atoms with E-state index < -0.39 is 11.5 Å². The van der Waals surface area contributed by atoms with E-state index >= 15 is 0 Å². The highest BCUT2D eigenvalue weighted by Crippen LogP contribution is 2.38. The number of hydrogen-bond donors (Lipinski definition) is 0. The van der Waals surface area contributed by atoms with Gasteiger partial charge in [-0.15, -0.1) is 0 Å². The summed E-state index contributed by atoms with van der Waals surface area (Å²) in [4.78, 5) is 11.3. The molecule has 96 valence electrons. The van der Waals surface area contributed by atoms with E-state index in [9.17, 15) is 4.79 Å². The predicted molar refractivity (Wildman–Crippen MR) is 61.1 cm³/mol. The quantitative estimate of drug-likeness (QED) is 0.679. The van der Waals surface area contributed by atoms with E-state index in [0.717, 1.165) is 6.29 Å². The van der Waals surface area contributed by atoms with Gasteiger partial charge in [0.15, 0.2) is 11.5 Å². The summed E-state index contributed by atoms with van der Waals surface area (Å²) in [5.74, 6) is 1.36. The van der Waals surface area contributed by atoms with Crippen molar-refractivity contribution in [3.8, 4) is 0 Å². The van der Waals surface area contributed by atoms with Crippen LogP contribution in [0.15, 0.2) is 23.4 Å². The Morgan fingerprint density at radius 1 is 1.18 bits per heavy atom. The molecule has 0 fully saturated rings. The van der Waals surface area contributed by atoms with E-state index in [0.29, 0.717) is 17.3 Å². The average Bonchev–Trinajstić information content (AvgIpc) is 2.36. The number of hydrogen-bond acceptors (Lipinski definition) is 5. The van der Waals surface area contributed by atoms with Crippen LogP contribution in [0.2, 0.25) is 0 Å². The molecule has 0 N–H and O–H groups in total. The minimum absolute atomic E-state index is 0.446.